The van der Waals surface area contributed by atoms with Crippen molar-refractivity contribution >= 4 is 22.8 Å². The van der Waals surface area contributed by atoms with Crippen LogP contribution in [0.25, 0.3) is 11.0 Å². The SMILES string of the molecule is CCCn1c(=O)[nH]c(=O)c2c(C(=O)N3CCN(C(=O)C4CCC4)CC3)cc(C(C)C)nc21. The van der Waals surface area contributed by atoms with Gasteiger partial charge in [0.2, 0.25) is 5.91 Å². The van der Waals surface area contributed by atoms with Gasteiger partial charge in [-0.3, -0.25) is 23.9 Å². The zero-order chi connectivity index (χ0) is 23.0. The van der Waals surface area contributed by atoms with E-state index < -0.39 is 11.2 Å². The van der Waals surface area contributed by atoms with Gasteiger partial charge in [-0.05, 0) is 31.2 Å². The van der Waals surface area contributed by atoms with Crippen LogP contribution in [0.5, 0.6) is 0 Å². The molecule has 0 radical (unpaired) electrons. The van der Waals surface area contributed by atoms with Crippen molar-refractivity contribution in [3.8, 4) is 0 Å². The molecule has 2 aromatic heterocycles. The highest BCUT2D eigenvalue weighted by atomic mass is 16.2. The van der Waals surface area contributed by atoms with Crippen molar-refractivity contribution in [1.29, 1.82) is 0 Å². The molecule has 1 saturated carbocycles. The lowest BCUT2D eigenvalue weighted by molar-refractivity contribution is -0.139. The standard InChI is InChI=1S/C23H31N5O4/c1-4-8-28-19-18(20(29)25-23(28)32)16(13-17(24-19)14(2)3)22(31)27-11-9-26(10-12-27)21(30)15-6-5-7-15/h13-15H,4-12H2,1-3H3,(H,25,29,32). The minimum Gasteiger partial charge on any atom is -0.339 e. The third kappa shape index (κ3) is 3.96. The molecule has 0 aromatic carbocycles. The Balaban J connectivity index is 1.69. The van der Waals surface area contributed by atoms with Gasteiger partial charge >= 0.3 is 5.69 Å². The fraction of sp³-hybridized carbons (Fsp3) is 0.609. The highest BCUT2D eigenvalue weighted by molar-refractivity contribution is 6.05. The fourth-order valence-electron chi connectivity index (χ4n) is 4.40. The largest absolute Gasteiger partial charge is 0.339 e. The molecule has 1 aliphatic carbocycles. The van der Waals surface area contributed by atoms with Crippen LogP contribution in [0.15, 0.2) is 15.7 Å². The molecule has 3 heterocycles. The molecular weight excluding hydrogens is 410 g/mol. The number of piperazine rings is 1. The molecule has 2 aromatic rings. The minimum atomic E-state index is -0.595. The normalized spacial score (nSPS) is 17.1. The van der Waals surface area contributed by atoms with Crippen LogP contribution in [0, 0.1) is 5.92 Å². The highest BCUT2D eigenvalue weighted by Crippen LogP contribution is 2.29. The van der Waals surface area contributed by atoms with E-state index in [0.29, 0.717) is 44.8 Å². The van der Waals surface area contributed by atoms with E-state index in [9.17, 15) is 19.2 Å². The van der Waals surface area contributed by atoms with E-state index >= 15 is 0 Å². The maximum absolute atomic E-state index is 13.5. The number of amides is 2. The van der Waals surface area contributed by atoms with E-state index in [1.54, 1.807) is 11.0 Å². The van der Waals surface area contributed by atoms with Crippen molar-refractivity contribution in [3.05, 3.63) is 38.2 Å². The van der Waals surface area contributed by atoms with Crippen LogP contribution in [0.1, 0.15) is 68.4 Å². The molecule has 1 aliphatic heterocycles. The first kappa shape index (κ1) is 22.2. The van der Waals surface area contributed by atoms with E-state index in [1.165, 1.54) is 4.57 Å². The zero-order valence-corrected chi connectivity index (χ0v) is 19.0. The summed E-state index contributed by atoms with van der Waals surface area (Å²) in [6, 6.07) is 1.68. The summed E-state index contributed by atoms with van der Waals surface area (Å²) in [4.78, 5) is 61.7. The molecule has 9 nitrogen and oxygen atoms in total. The van der Waals surface area contributed by atoms with Gasteiger partial charge in [-0.1, -0.05) is 27.2 Å². The molecule has 0 bridgehead atoms. The first-order valence-corrected chi connectivity index (χ1v) is 11.6. The lowest BCUT2D eigenvalue weighted by Gasteiger charge is -2.38. The van der Waals surface area contributed by atoms with Crippen molar-refractivity contribution < 1.29 is 9.59 Å². The predicted octanol–water partition coefficient (Wildman–Crippen LogP) is 1.70. The summed E-state index contributed by atoms with van der Waals surface area (Å²) < 4.78 is 1.44. The van der Waals surface area contributed by atoms with Gasteiger partial charge in [0.15, 0.2) is 5.65 Å². The molecule has 1 saturated heterocycles. The van der Waals surface area contributed by atoms with Crippen molar-refractivity contribution in [2.24, 2.45) is 5.92 Å². The zero-order valence-electron chi connectivity index (χ0n) is 19.0. The monoisotopic (exact) mass is 441 g/mol. The van der Waals surface area contributed by atoms with Gasteiger partial charge < -0.3 is 9.80 Å². The number of aryl methyl sites for hydroxylation is 1. The Labute approximate surface area is 186 Å². The topological polar surface area (TPSA) is 108 Å². The van der Waals surface area contributed by atoms with Crippen LogP contribution in [-0.2, 0) is 11.3 Å². The van der Waals surface area contributed by atoms with Crippen LogP contribution in [0.2, 0.25) is 0 Å². The maximum Gasteiger partial charge on any atom is 0.329 e. The number of carbonyl (C=O) groups is 2. The second-order valence-electron chi connectivity index (χ2n) is 9.10. The molecule has 1 N–H and O–H groups in total. The van der Waals surface area contributed by atoms with E-state index in [2.05, 4.69) is 9.97 Å². The van der Waals surface area contributed by atoms with E-state index in [-0.39, 0.29) is 40.2 Å². The second kappa shape index (κ2) is 8.88. The number of nitrogens with one attached hydrogen (secondary N) is 1. The Kier molecular flexibility index (Phi) is 6.17. The molecule has 2 aliphatic rings. The molecule has 0 atom stereocenters. The van der Waals surface area contributed by atoms with Gasteiger partial charge in [-0.25, -0.2) is 9.78 Å². The predicted molar refractivity (Wildman–Crippen MR) is 121 cm³/mol. The fourth-order valence-corrected chi connectivity index (χ4v) is 4.40. The summed E-state index contributed by atoms with van der Waals surface area (Å²) in [5.41, 5.74) is 0.0774. The van der Waals surface area contributed by atoms with Crippen LogP contribution < -0.4 is 11.2 Å². The van der Waals surface area contributed by atoms with Crippen LogP contribution in [0.3, 0.4) is 0 Å². The third-order valence-electron chi connectivity index (χ3n) is 6.57. The van der Waals surface area contributed by atoms with Gasteiger partial charge in [0.05, 0.1) is 10.9 Å². The molecule has 172 valence electrons. The summed E-state index contributed by atoms with van der Waals surface area (Å²) in [5.74, 6) is 0.0956. The van der Waals surface area contributed by atoms with Crippen molar-refractivity contribution in [1.82, 2.24) is 24.3 Å². The second-order valence-corrected chi connectivity index (χ2v) is 9.10. The average molecular weight is 442 g/mol. The van der Waals surface area contributed by atoms with Gasteiger partial charge in [0, 0.05) is 44.3 Å². The molecular formula is C23H31N5O4. The molecule has 2 amide bonds. The van der Waals surface area contributed by atoms with Crippen LogP contribution in [-0.4, -0.2) is 62.3 Å². The summed E-state index contributed by atoms with van der Waals surface area (Å²) >= 11 is 0. The molecule has 0 unspecified atom stereocenters. The maximum atomic E-state index is 13.5. The first-order valence-electron chi connectivity index (χ1n) is 11.6. The number of fused-ring (bicyclic) bond motifs is 1. The third-order valence-corrected chi connectivity index (χ3v) is 6.57. The highest BCUT2D eigenvalue weighted by Gasteiger charge is 2.33. The molecule has 32 heavy (non-hydrogen) atoms. The van der Waals surface area contributed by atoms with Crippen molar-refractivity contribution in [3.63, 3.8) is 0 Å². The number of aromatic nitrogens is 3. The Morgan fingerprint density at radius 2 is 1.78 bits per heavy atom. The van der Waals surface area contributed by atoms with Gasteiger partial charge in [0.25, 0.3) is 11.5 Å². The van der Waals surface area contributed by atoms with Gasteiger partial charge in [0.1, 0.15) is 0 Å². The summed E-state index contributed by atoms with van der Waals surface area (Å²) in [5, 5.41) is 0.153. The van der Waals surface area contributed by atoms with Crippen molar-refractivity contribution in [2.75, 3.05) is 26.2 Å². The Bertz CT molecular complexity index is 1150. The molecule has 4 rings (SSSR count). The lowest BCUT2D eigenvalue weighted by atomic mass is 9.84. The number of H-pyrrole nitrogens is 1. The van der Waals surface area contributed by atoms with Crippen LogP contribution in [0.4, 0.5) is 0 Å². The molecule has 0 spiro atoms. The minimum absolute atomic E-state index is 0.0207. The summed E-state index contributed by atoms with van der Waals surface area (Å²) in [6.45, 7) is 8.10. The summed E-state index contributed by atoms with van der Waals surface area (Å²) in [7, 11) is 0. The number of carbonyl (C=O) groups excluding carboxylic acids is 2. The van der Waals surface area contributed by atoms with Crippen LogP contribution >= 0.6 is 0 Å². The Hall–Kier alpha value is -2.97. The number of aromatic amines is 1. The molecule has 2 fully saturated rings. The lowest BCUT2D eigenvalue weighted by Crippen LogP contribution is -2.52. The molecule has 9 heteroatoms. The summed E-state index contributed by atoms with van der Waals surface area (Å²) in [6.07, 6.45) is 3.72. The smallest absolute Gasteiger partial charge is 0.329 e. The first-order chi connectivity index (χ1) is 15.3. The van der Waals surface area contributed by atoms with E-state index in [0.717, 1.165) is 19.3 Å². The van der Waals surface area contributed by atoms with Gasteiger partial charge in [-0.15, -0.1) is 0 Å². The number of hydrogen-bond donors (Lipinski definition) is 1. The number of hydrogen-bond acceptors (Lipinski definition) is 5. The Morgan fingerprint density at radius 1 is 1.12 bits per heavy atom. The Morgan fingerprint density at radius 3 is 2.34 bits per heavy atom. The number of rotatable bonds is 5. The van der Waals surface area contributed by atoms with Crippen molar-refractivity contribution in [2.45, 2.75) is 58.9 Å². The van der Waals surface area contributed by atoms with E-state index in [1.807, 2.05) is 25.7 Å². The van der Waals surface area contributed by atoms with E-state index in [4.69, 9.17) is 0 Å². The number of pyridine rings is 1. The van der Waals surface area contributed by atoms with Gasteiger partial charge in [-0.2, -0.15) is 0 Å². The number of nitrogens with zero attached hydrogens (tertiary/aromatic N) is 4. The quantitative estimate of drug-likeness (QED) is 0.760. The average Bonchev–Trinajstić information content (AvgIpc) is 2.74.